The molecule has 3 heterocycles. The zero-order valence-electron chi connectivity index (χ0n) is 12.2. The molecule has 0 amide bonds. The van der Waals surface area contributed by atoms with Crippen LogP contribution in [0.2, 0.25) is 0 Å². The third kappa shape index (κ3) is 2.09. The first-order valence-electron chi connectivity index (χ1n) is 7.34. The molecule has 1 saturated heterocycles. The van der Waals surface area contributed by atoms with Crippen molar-refractivity contribution in [1.82, 2.24) is 9.38 Å². The van der Waals surface area contributed by atoms with Gasteiger partial charge in [-0.2, -0.15) is 0 Å². The normalized spacial score (nSPS) is 18.4. The maximum absolute atomic E-state index is 11.4. The van der Waals surface area contributed by atoms with Crippen molar-refractivity contribution in [2.75, 3.05) is 18.0 Å². The fraction of sp³-hybridized carbons (Fsp3) is 0.500. The van der Waals surface area contributed by atoms with Crippen molar-refractivity contribution in [1.29, 1.82) is 0 Å². The summed E-state index contributed by atoms with van der Waals surface area (Å²) in [6, 6.07) is 5.82. The highest BCUT2D eigenvalue weighted by atomic mass is 16.1. The highest BCUT2D eigenvalue weighted by Crippen LogP contribution is 2.36. The van der Waals surface area contributed by atoms with Crippen LogP contribution in [0.15, 0.2) is 24.4 Å². The summed E-state index contributed by atoms with van der Waals surface area (Å²) >= 11 is 0. The van der Waals surface area contributed by atoms with E-state index in [1.807, 2.05) is 28.8 Å². The second kappa shape index (κ2) is 4.93. The lowest BCUT2D eigenvalue weighted by molar-refractivity contribution is 0.111. The van der Waals surface area contributed by atoms with Crippen LogP contribution in [0.1, 0.15) is 43.6 Å². The molecule has 0 N–H and O–H groups in total. The molecule has 0 spiro atoms. The van der Waals surface area contributed by atoms with Crippen molar-refractivity contribution < 1.29 is 4.79 Å². The molecule has 0 atom stereocenters. The van der Waals surface area contributed by atoms with Gasteiger partial charge in [0, 0.05) is 19.3 Å². The van der Waals surface area contributed by atoms with Crippen molar-refractivity contribution in [2.24, 2.45) is 5.41 Å². The van der Waals surface area contributed by atoms with E-state index in [-0.39, 0.29) is 0 Å². The van der Waals surface area contributed by atoms with Gasteiger partial charge in [-0.15, -0.1) is 0 Å². The third-order valence-corrected chi connectivity index (χ3v) is 4.78. The smallest absolute Gasteiger partial charge is 0.170 e. The Labute approximate surface area is 119 Å². The number of imidazole rings is 1. The monoisotopic (exact) mass is 271 g/mol. The van der Waals surface area contributed by atoms with Crippen LogP contribution in [-0.4, -0.2) is 28.8 Å². The minimum atomic E-state index is 0.441. The Morgan fingerprint density at radius 1 is 1.35 bits per heavy atom. The van der Waals surface area contributed by atoms with Gasteiger partial charge in [0.2, 0.25) is 0 Å². The van der Waals surface area contributed by atoms with Gasteiger partial charge in [-0.25, -0.2) is 4.98 Å². The summed E-state index contributed by atoms with van der Waals surface area (Å²) in [5, 5.41) is 0. The number of piperidine rings is 1. The number of carbonyl (C=O) groups excluding carboxylic acids is 1. The van der Waals surface area contributed by atoms with Crippen LogP contribution >= 0.6 is 0 Å². The molecule has 0 saturated carbocycles. The van der Waals surface area contributed by atoms with Gasteiger partial charge in [-0.05, 0) is 30.4 Å². The molecule has 4 heteroatoms. The van der Waals surface area contributed by atoms with E-state index in [0.717, 1.165) is 43.7 Å². The van der Waals surface area contributed by atoms with Crippen molar-refractivity contribution in [2.45, 2.75) is 33.1 Å². The maximum atomic E-state index is 11.4. The summed E-state index contributed by atoms with van der Waals surface area (Å²) in [6.45, 7) is 6.58. The van der Waals surface area contributed by atoms with Gasteiger partial charge in [0.1, 0.15) is 11.3 Å². The topological polar surface area (TPSA) is 37.6 Å². The molecule has 2 aromatic heterocycles. The minimum Gasteiger partial charge on any atom is -0.355 e. The lowest BCUT2D eigenvalue weighted by Gasteiger charge is -2.39. The van der Waals surface area contributed by atoms with Gasteiger partial charge in [-0.1, -0.05) is 26.3 Å². The minimum absolute atomic E-state index is 0.441. The fourth-order valence-electron chi connectivity index (χ4n) is 2.96. The van der Waals surface area contributed by atoms with E-state index < -0.39 is 0 Å². The number of aromatic nitrogens is 2. The molecule has 3 rings (SSSR count). The van der Waals surface area contributed by atoms with E-state index in [4.69, 9.17) is 0 Å². The second-order valence-electron chi connectivity index (χ2n) is 6.02. The van der Waals surface area contributed by atoms with Crippen molar-refractivity contribution in [3.05, 3.63) is 30.1 Å². The lowest BCUT2D eigenvalue weighted by atomic mass is 9.78. The zero-order valence-corrected chi connectivity index (χ0v) is 12.2. The molecule has 1 aliphatic heterocycles. The highest BCUT2D eigenvalue weighted by Gasteiger charge is 2.30. The summed E-state index contributed by atoms with van der Waals surface area (Å²) in [5.41, 5.74) is 1.95. The number of aldehydes is 1. The van der Waals surface area contributed by atoms with Gasteiger partial charge in [0.25, 0.3) is 0 Å². The predicted molar refractivity (Wildman–Crippen MR) is 80.4 cm³/mol. The van der Waals surface area contributed by atoms with Gasteiger partial charge in [0.15, 0.2) is 12.1 Å². The number of hydrogen-bond donors (Lipinski definition) is 0. The Hall–Kier alpha value is -1.84. The average Bonchev–Trinajstić information content (AvgIpc) is 2.86. The molecule has 2 aromatic rings. The number of nitrogens with zero attached hydrogens (tertiary/aromatic N) is 3. The van der Waals surface area contributed by atoms with Gasteiger partial charge in [-0.3, -0.25) is 9.20 Å². The van der Waals surface area contributed by atoms with E-state index in [2.05, 4.69) is 23.7 Å². The zero-order chi connectivity index (χ0) is 14.2. The van der Waals surface area contributed by atoms with Crippen LogP contribution in [0.25, 0.3) is 5.65 Å². The molecule has 106 valence electrons. The number of anilines is 1. The Kier molecular flexibility index (Phi) is 3.24. The Morgan fingerprint density at radius 2 is 2.10 bits per heavy atom. The second-order valence-corrected chi connectivity index (χ2v) is 6.02. The first-order chi connectivity index (χ1) is 9.67. The van der Waals surface area contributed by atoms with E-state index in [0.29, 0.717) is 11.1 Å². The standard InChI is InChI=1S/C16H21N3O/c1-3-16(2)7-10-18(11-8-16)15-13(12-20)19-9-5-4-6-14(19)17-15/h4-6,9,12H,3,7-8,10-11H2,1-2H3. The average molecular weight is 271 g/mol. The van der Waals surface area contributed by atoms with Crippen LogP contribution in [-0.2, 0) is 0 Å². The summed E-state index contributed by atoms with van der Waals surface area (Å²) in [5.74, 6) is 0.837. The molecule has 0 unspecified atom stereocenters. The molecule has 0 bridgehead atoms. The molecule has 1 fully saturated rings. The van der Waals surface area contributed by atoms with Crippen LogP contribution in [0.3, 0.4) is 0 Å². The molecule has 20 heavy (non-hydrogen) atoms. The first kappa shape index (κ1) is 13.2. The van der Waals surface area contributed by atoms with Crippen LogP contribution < -0.4 is 4.90 Å². The van der Waals surface area contributed by atoms with Gasteiger partial charge < -0.3 is 4.90 Å². The van der Waals surface area contributed by atoms with E-state index in [1.54, 1.807) is 0 Å². The summed E-state index contributed by atoms with van der Waals surface area (Å²) in [6.07, 6.45) is 6.36. The van der Waals surface area contributed by atoms with Crippen molar-refractivity contribution in [3.63, 3.8) is 0 Å². The highest BCUT2D eigenvalue weighted by molar-refractivity contribution is 5.83. The molecule has 0 aromatic carbocycles. The number of hydrogen-bond acceptors (Lipinski definition) is 3. The summed E-state index contributed by atoms with van der Waals surface area (Å²) in [7, 11) is 0. The predicted octanol–water partition coefficient (Wildman–Crippen LogP) is 3.16. The van der Waals surface area contributed by atoms with Crippen molar-refractivity contribution in [3.8, 4) is 0 Å². The molecule has 1 aliphatic rings. The lowest BCUT2D eigenvalue weighted by Crippen LogP contribution is -2.39. The van der Waals surface area contributed by atoms with Crippen LogP contribution in [0, 0.1) is 5.41 Å². The van der Waals surface area contributed by atoms with Crippen LogP contribution in [0.5, 0.6) is 0 Å². The number of carbonyl (C=O) groups is 1. The molecular formula is C16H21N3O. The SMILES string of the molecule is CCC1(C)CCN(c2nc3ccccn3c2C=O)CC1. The fourth-order valence-corrected chi connectivity index (χ4v) is 2.96. The largest absolute Gasteiger partial charge is 0.355 e. The van der Waals surface area contributed by atoms with Crippen LogP contribution in [0.4, 0.5) is 5.82 Å². The molecule has 0 radical (unpaired) electrons. The van der Waals surface area contributed by atoms with Crippen molar-refractivity contribution >= 4 is 17.8 Å². The first-order valence-corrected chi connectivity index (χ1v) is 7.34. The van der Waals surface area contributed by atoms with Gasteiger partial charge >= 0.3 is 0 Å². The Bertz CT molecular complexity index is 624. The number of fused-ring (bicyclic) bond motifs is 1. The van der Waals surface area contributed by atoms with E-state index >= 15 is 0 Å². The number of rotatable bonds is 3. The Balaban J connectivity index is 1.93. The molecular weight excluding hydrogens is 250 g/mol. The number of pyridine rings is 1. The molecule has 4 nitrogen and oxygen atoms in total. The Morgan fingerprint density at radius 3 is 2.75 bits per heavy atom. The van der Waals surface area contributed by atoms with E-state index in [9.17, 15) is 4.79 Å². The maximum Gasteiger partial charge on any atom is 0.170 e. The quantitative estimate of drug-likeness (QED) is 0.805. The third-order valence-electron chi connectivity index (χ3n) is 4.78. The summed E-state index contributed by atoms with van der Waals surface area (Å²) < 4.78 is 1.87. The van der Waals surface area contributed by atoms with E-state index in [1.165, 1.54) is 6.42 Å². The summed E-state index contributed by atoms with van der Waals surface area (Å²) in [4.78, 5) is 18.3. The van der Waals surface area contributed by atoms with Gasteiger partial charge in [0.05, 0.1) is 0 Å². The molecule has 0 aliphatic carbocycles.